The largest absolute Gasteiger partial charge is 0.481 e. The molecule has 2 N–H and O–H groups in total. The molecule has 1 saturated carbocycles. The Labute approximate surface area is 120 Å². The van der Waals surface area contributed by atoms with Gasteiger partial charge >= 0.3 is 12.0 Å². The zero-order valence-corrected chi connectivity index (χ0v) is 12.5. The number of carboxylic acid groups (broad SMARTS) is 1. The Hall–Kier alpha value is -1.26. The lowest BCUT2D eigenvalue weighted by Crippen LogP contribution is -2.42. The molecule has 1 aliphatic carbocycles. The number of urea groups is 1. The van der Waals surface area contributed by atoms with Crippen LogP contribution in [0.5, 0.6) is 0 Å². The Kier molecular flexibility index (Phi) is 4.89. The summed E-state index contributed by atoms with van der Waals surface area (Å²) in [6.07, 6.45) is 5.00. The van der Waals surface area contributed by atoms with E-state index in [4.69, 9.17) is 5.11 Å². The number of nitrogens with one attached hydrogen (secondary N) is 1. The average Bonchev–Trinajstić information content (AvgIpc) is 2.80. The van der Waals surface area contributed by atoms with E-state index >= 15 is 0 Å². The third-order valence-corrected chi connectivity index (χ3v) is 5.02. The lowest BCUT2D eigenvalue weighted by Gasteiger charge is -2.29. The van der Waals surface area contributed by atoms with Gasteiger partial charge in [0.25, 0.3) is 0 Å². The number of nitrogens with zero attached hydrogens (tertiary/aromatic N) is 1. The highest BCUT2D eigenvalue weighted by Gasteiger charge is 2.37. The minimum absolute atomic E-state index is 0.0341. The van der Waals surface area contributed by atoms with Crippen LogP contribution in [0.1, 0.15) is 39.5 Å². The summed E-state index contributed by atoms with van der Waals surface area (Å²) in [7, 11) is 0. The average molecular weight is 282 g/mol. The predicted molar refractivity (Wildman–Crippen MR) is 76.4 cm³/mol. The number of amides is 2. The van der Waals surface area contributed by atoms with Gasteiger partial charge in [-0.05, 0) is 24.2 Å². The summed E-state index contributed by atoms with van der Waals surface area (Å²) in [6.45, 7) is 5.76. The lowest BCUT2D eigenvalue weighted by atomic mass is 9.80. The fourth-order valence-electron chi connectivity index (χ4n) is 3.48. The van der Waals surface area contributed by atoms with Crippen LogP contribution in [0.3, 0.4) is 0 Å². The number of likely N-dealkylation sites (tertiary alicyclic amines) is 1. The summed E-state index contributed by atoms with van der Waals surface area (Å²) in [6, 6.07) is -0.0987. The molecule has 1 aliphatic heterocycles. The van der Waals surface area contributed by atoms with Crippen LogP contribution in [0.2, 0.25) is 0 Å². The molecule has 5 heteroatoms. The van der Waals surface area contributed by atoms with Crippen LogP contribution in [-0.4, -0.2) is 41.6 Å². The monoisotopic (exact) mass is 282 g/mol. The Bertz CT molecular complexity index is 372. The van der Waals surface area contributed by atoms with Crippen LogP contribution in [0.25, 0.3) is 0 Å². The molecule has 2 rings (SSSR count). The third-order valence-electron chi connectivity index (χ3n) is 5.02. The Balaban J connectivity index is 1.79. The molecule has 0 radical (unpaired) electrons. The van der Waals surface area contributed by atoms with Gasteiger partial charge in [-0.25, -0.2) is 4.79 Å². The number of hydrogen-bond acceptors (Lipinski definition) is 2. The molecule has 2 unspecified atom stereocenters. The molecule has 2 amide bonds. The molecule has 4 atom stereocenters. The van der Waals surface area contributed by atoms with E-state index in [2.05, 4.69) is 12.2 Å². The van der Waals surface area contributed by atoms with Crippen LogP contribution in [0, 0.1) is 23.7 Å². The molecule has 0 bridgehead atoms. The summed E-state index contributed by atoms with van der Waals surface area (Å²) >= 11 is 0. The molecular weight excluding hydrogens is 256 g/mol. The lowest BCUT2D eigenvalue weighted by molar-refractivity contribution is -0.142. The minimum atomic E-state index is -0.797. The molecule has 0 aromatic rings. The van der Waals surface area contributed by atoms with E-state index < -0.39 is 11.9 Å². The van der Waals surface area contributed by atoms with Crippen molar-refractivity contribution in [2.75, 3.05) is 19.6 Å². The van der Waals surface area contributed by atoms with Gasteiger partial charge in [0.1, 0.15) is 0 Å². The van der Waals surface area contributed by atoms with Gasteiger partial charge in [0, 0.05) is 19.6 Å². The Morgan fingerprint density at radius 1 is 1.15 bits per heavy atom. The molecule has 0 spiro atoms. The first-order valence-electron chi connectivity index (χ1n) is 7.74. The molecule has 20 heavy (non-hydrogen) atoms. The van der Waals surface area contributed by atoms with E-state index in [-0.39, 0.29) is 11.9 Å². The predicted octanol–water partition coefficient (Wildman–Crippen LogP) is 2.17. The van der Waals surface area contributed by atoms with Crippen molar-refractivity contribution in [3.05, 3.63) is 0 Å². The quantitative estimate of drug-likeness (QED) is 0.833. The smallest absolute Gasteiger partial charge is 0.317 e. The zero-order valence-electron chi connectivity index (χ0n) is 12.5. The van der Waals surface area contributed by atoms with Gasteiger partial charge in [-0.15, -0.1) is 0 Å². The van der Waals surface area contributed by atoms with Crippen LogP contribution in [-0.2, 0) is 4.79 Å². The maximum absolute atomic E-state index is 12.1. The second kappa shape index (κ2) is 6.46. The van der Waals surface area contributed by atoms with Crippen LogP contribution in [0.15, 0.2) is 0 Å². The third kappa shape index (κ3) is 3.44. The van der Waals surface area contributed by atoms with E-state index in [0.29, 0.717) is 24.9 Å². The van der Waals surface area contributed by atoms with E-state index in [1.165, 1.54) is 25.7 Å². The van der Waals surface area contributed by atoms with E-state index in [1.807, 2.05) is 6.92 Å². The van der Waals surface area contributed by atoms with Crippen LogP contribution >= 0.6 is 0 Å². The summed E-state index contributed by atoms with van der Waals surface area (Å²) in [4.78, 5) is 24.8. The maximum Gasteiger partial charge on any atom is 0.317 e. The Morgan fingerprint density at radius 2 is 1.85 bits per heavy atom. The summed E-state index contributed by atoms with van der Waals surface area (Å²) in [5, 5.41) is 12.1. The first-order valence-corrected chi connectivity index (χ1v) is 7.74. The van der Waals surface area contributed by atoms with Crippen molar-refractivity contribution >= 4 is 12.0 Å². The van der Waals surface area contributed by atoms with Gasteiger partial charge < -0.3 is 15.3 Å². The Morgan fingerprint density at radius 3 is 2.45 bits per heavy atom. The van der Waals surface area contributed by atoms with Crippen molar-refractivity contribution in [1.29, 1.82) is 0 Å². The molecule has 5 nitrogen and oxygen atoms in total. The molecule has 0 aromatic carbocycles. The van der Waals surface area contributed by atoms with Gasteiger partial charge in [-0.3, -0.25) is 4.79 Å². The van der Waals surface area contributed by atoms with Gasteiger partial charge in [0.15, 0.2) is 0 Å². The second-order valence-corrected chi connectivity index (χ2v) is 6.53. The van der Waals surface area contributed by atoms with E-state index in [0.717, 1.165) is 6.54 Å². The van der Waals surface area contributed by atoms with E-state index in [1.54, 1.807) is 4.90 Å². The number of carbonyl (C=O) groups excluding carboxylic acids is 1. The molecular formula is C15H26N2O3. The number of hydrogen-bond donors (Lipinski definition) is 2. The highest BCUT2D eigenvalue weighted by Crippen LogP contribution is 2.29. The minimum Gasteiger partial charge on any atom is -0.481 e. The molecule has 2 aliphatic rings. The number of carbonyl (C=O) groups is 2. The highest BCUT2D eigenvalue weighted by molar-refractivity contribution is 5.77. The van der Waals surface area contributed by atoms with Gasteiger partial charge in [0.05, 0.1) is 5.92 Å². The van der Waals surface area contributed by atoms with Gasteiger partial charge in [-0.2, -0.15) is 0 Å². The number of aliphatic carboxylic acids is 1. The van der Waals surface area contributed by atoms with Crippen molar-refractivity contribution < 1.29 is 14.7 Å². The summed E-state index contributed by atoms with van der Waals surface area (Å²) in [5.74, 6) is 0.0613. The second-order valence-electron chi connectivity index (χ2n) is 6.53. The van der Waals surface area contributed by atoms with Crippen LogP contribution in [0.4, 0.5) is 4.79 Å². The van der Waals surface area contributed by atoms with Crippen molar-refractivity contribution in [3.8, 4) is 0 Å². The molecule has 1 saturated heterocycles. The first kappa shape index (κ1) is 15.1. The highest BCUT2D eigenvalue weighted by atomic mass is 16.4. The van der Waals surface area contributed by atoms with Crippen molar-refractivity contribution in [2.45, 2.75) is 39.5 Å². The standard InChI is InChI=1S/C15H26N2O3/c1-10-5-3-4-6-12(10)7-16-15(20)17-8-11(2)13(9-17)14(18)19/h10-13H,3-9H2,1-2H3,(H,16,20)(H,18,19)/t10?,11-,12?,13-/m1/s1. The summed E-state index contributed by atoms with van der Waals surface area (Å²) < 4.78 is 0. The molecule has 0 aromatic heterocycles. The van der Waals surface area contributed by atoms with Gasteiger partial charge in [0.2, 0.25) is 0 Å². The van der Waals surface area contributed by atoms with Crippen molar-refractivity contribution in [2.24, 2.45) is 23.7 Å². The fraction of sp³-hybridized carbons (Fsp3) is 0.867. The molecule has 114 valence electrons. The number of rotatable bonds is 3. The topological polar surface area (TPSA) is 69.6 Å². The van der Waals surface area contributed by atoms with Crippen molar-refractivity contribution in [1.82, 2.24) is 10.2 Å². The number of carboxylic acids is 1. The molecule has 2 fully saturated rings. The van der Waals surface area contributed by atoms with Crippen LogP contribution < -0.4 is 5.32 Å². The maximum atomic E-state index is 12.1. The summed E-state index contributed by atoms with van der Waals surface area (Å²) in [5.41, 5.74) is 0. The fourth-order valence-corrected chi connectivity index (χ4v) is 3.48. The first-order chi connectivity index (χ1) is 9.49. The SMILES string of the molecule is CC1CCCCC1CNC(=O)N1C[C@@H](C)[C@H](C(=O)O)C1. The zero-order chi connectivity index (χ0) is 14.7. The normalized spacial score (nSPS) is 34.0. The van der Waals surface area contributed by atoms with Crippen molar-refractivity contribution in [3.63, 3.8) is 0 Å². The van der Waals surface area contributed by atoms with Gasteiger partial charge in [-0.1, -0.05) is 33.1 Å². The van der Waals surface area contributed by atoms with E-state index in [9.17, 15) is 9.59 Å². The molecule has 1 heterocycles.